The summed E-state index contributed by atoms with van der Waals surface area (Å²) in [5, 5.41) is 6.29. The third kappa shape index (κ3) is 5.23. The van der Waals surface area contributed by atoms with Gasteiger partial charge in [0.25, 0.3) is 0 Å². The van der Waals surface area contributed by atoms with E-state index in [9.17, 15) is 9.18 Å². The highest BCUT2D eigenvalue weighted by Gasteiger charge is 2.27. The maximum Gasteiger partial charge on any atom is 0.241 e. The van der Waals surface area contributed by atoms with Gasteiger partial charge in [-0.3, -0.25) is 9.69 Å². The number of benzene rings is 1. The quantitative estimate of drug-likeness (QED) is 0.851. The number of carbonyl (C=O) groups is 1. The van der Waals surface area contributed by atoms with Crippen molar-refractivity contribution in [1.82, 2.24) is 15.1 Å². The minimum Gasteiger partial charge on any atom is -0.325 e. The summed E-state index contributed by atoms with van der Waals surface area (Å²) in [6.07, 6.45) is 2.60. The molecule has 2 N–H and O–H groups in total. The summed E-state index contributed by atoms with van der Waals surface area (Å²) < 4.78 is 13.2. The molecular formula is C19H29FN4O. The van der Waals surface area contributed by atoms with Crippen LogP contribution in [-0.2, 0) is 4.79 Å². The van der Waals surface area contributed by atoms with Gasteiger partial charge in [0.1, 0.15) is 5.82 Å². The highest BCUT2D eigenvalue weighted by Crippen LogP contribution is 2.15. The van der Waals surface area contributed by atoms with Gasteiger partial charge in [-0.05, 0) is 57.0 Å². The van der Waals surface area contributed by atoms with Crippen LogP contribution < -0.4 is 10.6 Å². The molecule has 1 amide bonds. The van der Waals surface area contributed by atoms with Crippen molar-refractivity contribution in [3.63, 3.8) is 0 Å². The molecular weight excluding hydrogens is 319 g/mol. The molecule has 2 aliphatic rings. The van der Waals surface area contributed by atoms with Crippen LogP contribution in [0.1, 0.15) is 19.8 Å². The van der Waals surface area contributed by atoms with Crippen LogP contribution in [0.5, 0.6) is 0 Å². The molecule has 0 spiro atoms. The third-order valence-corrected chi connectivity index (χ3v) is 5.34. The second-order valence-electron chi connectivity index (χ2n) is 7.22. The average Bonchev–Trinajstić information content (AvgIpc) is 2.62. The molecule has 0 radical (unpaired) electrons. The first-order valence-electron chi connectivity index (χ1n) is 9.35. The monoisotopic (exact) mass is 348 g/mol. The van der Waals surface area contributed by atoms with Gasteiger partial charge in [-0.2, -0.15) is 0 Å². The first kappa shape index (κ1) is 18.3. The first-order chi connectivity index (χ1) is 12.1. The van der Waals surface area contributed by atoms with E-state index in [1.54, 1.807) is 12.1 Å². The summed E-state index contributed by atoms with van der Waals surface area (Å²) in [5.74, 6) is 0.348. The normalized spacial score (nSPS) is 24.0. The Balaban J connectivity index is 1.44. The van der Waals surface area contributed by atoms with E-state index in [1.165, 1.54) is 25.0 Å². The van der Waals surface area contributed by atoms with Crippen molar-refractivity contribution in [3.8, 4) is 0 Å². The van der Waals surface area contributed by atoms with E-state index < -0.39 is 0 Å². The minimum atomic E-state index is -0.337. The number of nitrogens with one attached hydrogen (secondary N) is 2. The lowest BCUT2D eigenvalue weighted by molar-refractivity contribution is -0.121. The van der Waals surface area contributed by atoms with Crippen molar-refractivity contribution >= 4 is 11.6 Å². The molecule has 138 valence electrons. The van der Waals surface area contributed by atoms with Crippen molar-refractivity contribution in [2.24, 2.45) is 5.92 Å². The summed E-state index contributed by atoms with van der Waals surface area (Å²) in [4.78, 5) is 17.2. The van der Waals surface area contributed by atoms with Crippen molar-refractivity contribution < 1.29 is 9.18 Å². The lowest BCUT2D eigenvalue weighted by Crippen LogP contribution is -2.54. The van der Waals surface area contributed by atoms with Crippen molar-refractivity contribution in [1.29, 1.82) is 0 Å². The van der Waals surface area contributed by atoms with Crippen molar-refractivity contribution in [2.45, 2.75) is 25.8 Å². The molecule has 1 aromatic rings. The Morgan fingerprint density at radius 2 is 2.16 bits per heavy atom. The van der Waals surface area contributed by atoms with Gasteiger partial charge in [-0.15, -0.1) is 0 Å². The van der Waals surface area contributed by atoms with Gasteiger partial charge >= 0.3 is 0 Å². The Labute approximate surface area is 149 Å². The second kappa shape index (κ2) is 8.74. The number of carbonyl (C=O) groups excluding carboxylic acids is 1. The fourth-order valence-corrected chi connectivity index (χ4v) is 3.76. The number of nitrogens with zero attached hydrogens (tertiary/aromatic N) is 2. The summed E-state index contributed by atoms with van der Waals surface area (Å²) >= 11 is 0. The molecule has 2 unspecified atom stereocenters. The first-order valence-corrected chi connectivity index (χ1v) is 9.35. The van der Waals surface area contributed by atoms with Crippen LogP contribution in [0.2, 0.25) is 0 Å². The number of rotatable bonds is 5. The summed E-state index contributed by atoms with van der Waals surface area (Å²) in [6.45, 7) is 9.19. The predicted molar refractivity (Wildman–Crippen MR) is 98.1 cm³/mol. The largest absolute Gasteiger partial charge is 0.325 e. The van der Waals surface area contributed by atoms with Gasteiger partial charge in [0.05, 0.1) is 6.04 Å². The van der Waals surface area contributed by atoms with E-state index in [0.717, 1.165) is 51.7 Å². The fourth-order valence-electron chi connectivity index (χ4n) is 3.76. The molecule has 25 heavy (non-hydrogen) atoms. The third-order valence-electron chi connectivity index (χ3n) is 5.34. The van der Waals surface area contributed by atoms with Gasteiger partial charge in [0.15, 0.2) is 0 Å². The highest BCUT2D eigenvalue weighted by molar-refractivity contribution is 5.94. The van der Waals surface area contributed by atoms with Gasteiger partial charge in [0, 0.05) is 38.4 Å². The molecule has 2 aliphatic heterocycles. The SMILES string of the molecule is CC(C(=O)Nc1cccc(F)c1)N1CCN(CC2CCCNC2)CC1. The molecule has 0 saturated carbocycles. The molecule has 0 aromatic heterocycles. The Hall–Kier alpha value is -1.50. The Kier molecular flexibility index (Phi) is 6.39. The average molecular weight is 348 g/mol. The molecule has 3 rings (SSSR count). The number of hydrogen-bond donors (Lipinski definition) is 2. The minimum absolute atomic E-state index is 0.0736. The number of hydrogen-bond acceptors (Lipinski definition) is 4. The molecule has 1 aromatic carbocycles. The number of anilines is 1. The van der Waals surface area contributed by atoms with E-state index >= 15 is 0 Å². The summed E-state index contributed by atoms with van der Waals surface area (Å²) in [5.41, 5.74) is 0.514. The zero-order valence-corrected chi connectivity index (χ0v) is 15.0. The fraction of sp³-hybridized carbons (Fsp3) is 0.632. The molecule has 2 atom stereocenters. The standard InChI is InChI=1S/C19H29FN4O/c1-15(19(25)22-18-6-2-5-17(20)12-18)24-10-8-23(9-11-24)14-16-4-3-7-21-13-16/h2,5-6,12,15-16,21H,3-4,7-11,13-14H2,1H3,(H,22,25). The summed E-state index contributed by atoms with van der Waals surface area (Å²) in [7, 11) is 0. The maximum atomic E-state index is 13.2. The number of piperidine rings is 1. The smallest absolute Gasteiger partial charge is 0.241 e. The van der Waals surface area contributed by atoms with Crippen LogP contribution in [0.15, 0.2) is 24.3 Å². The molecule has 2 saturated heterocycles. The van der Waals surface area contributed by atoms with Crippen LogP contribution in [0.3, 0.4) is 0 Å². The van der Waals surface area contributed by atoms with E-state index in [0.29, 0.717) is 5.69 Å². The molecule has 2 fully saturated rings. The zero-order chi connectivity index (χ0) is 17.6. The van der Waals surface area contributed by atoms with Gasteiger partial charge in [0.2, 0.25) is 5.91 Å². The van der Waals surface area contributed by atoms with Crippen LogP contribution in [-0.4, -0.2) is 67.6 Å². The number of amides is 1. The van der Waals surface area contributed by atoms with Crippen LogP contribution in [0.25, 0.3) is 0 Å². The molecule has 0 bridgehead atoms. The zero-order valence-electron chi connectivity index (χ0n) is 15.0. The number of halogens is 1. The van der Waals surface area contributed by atoms with E-state index in [2.05, 4.69) is 20.4 Å². The van der Waals surface area contributed by atoms with E-state index in [-0.39, 0.29) is 17.8 Å². The molecule has 0 aliphatic carbocycles. The number of piperazine rings is 1. The van der Waals surface area contributed by atoms with Crippen molar-refractivity contribution in [3.05, 3.63) is 30.1 Å². The molecule has 2 heterocycles. The van der Waals surface area contributed by atoms with Crippen molar-refractivity contribution in [2.75, 3.05) is 51.1 Å². The van der Waals surface area contributed by atoms with E-state index in [4.69, 9.17) is 0 Å². The van der Waals surface area contributed by atoms with E-state index in [1.807, 2.05) is 6.92 Å². The predicted octanol–water partition coefficient (Wildman–Crippen LogP) is 1.77. The Morgan fingerprint density at radius 3 is 2.84 bits per heavy atom. The topological polar surface area (TPSA) is 47.6 Å². The summed E-state index contributed by atoms with van der Waals surface area (Å²) in [6, 6.07) is 5.83. The molecule has 6 heteroatoms. The van der Waals surface area contributed by atoms with Crippen LogP contribution >= 0.6 is 0 Å². The second-order valence-corrected chi connectivity index (χ2v) is 7.22. The Bertz CT molecular complexity index is 568. The van der Waals surface area contributed by atoms with Gasteiger partial charge < -0.3 is 15.5 Å². The van der Waals surface area contributed by atoms with Crippen LogP contribution in [0, 0.1) is 11.7 Å². The van der Waals surface area contributed by atoms with Gasteiger partial charge in [-0.1, -0.05) is 6.07 Å². The maximum absolute atomic E-state index is 13.2. The lowest BCUT2D eigenvalue weighted by Gasteiger charge is -2.39. The lowest BCUT2D eigenvalue weighted by atomic mass is 9.99. The van der Waals surface area contributed by atoms with Crippen LogP contribution in [0.4, 0.5) is 10.1 Å². The Morgan fingerprint density at radius 1 is 1.36 bits per heavy atom. The molecule has 5 nitrogen and oxygen atoms in total. The van der Waals surface area contributed by atoms with Gasteiger partial charge in [-0.25, -0.2) is 4.39 Å². The highest BCUT2D eigenvalue weighted by atomic mass is 19.1.